The zero-order valence-electron chi connectivity index (χ0n) is 10.6. The average molecular weight is 237 g/mol. The van der Waals surface area contributed by atoms with Crippen molar-refractivity contribution in [3.8, 4) is 0 Å². The van der Waals surface area contributed by atoms with Crippen molar-refractivity contribution in [1.82, 2.24) is 4.90 Å². The van der Waals surface area contributed by atoms with Crippen LogP contribution in [0.3, 0.4) is 0 Å². The van der Waals surface area contributed by atoms with E-state index in [0.717, 1.165) is 19.5 Å². The van der Waals surface area contributed by atoms with Gasteiger partial charge in [0.1, 0.15) is 0 Å². The molecule has 3 heteroatoms. The summed E-state index contributed by atoms with van der Waals surface area (Å²) in [5, 5.41) is 9.57. The van der Waals surface area contributed by atoms with Gasteiger partial charge in [-0.05, 0) is 38.0 Å². The van der Waals surface area contributed by atoms with E-state index >= 15 is 0 Å². The number of hydrogen-bond acceptors (Lipinski definition) is 2. The largest absolute Gasteiger partial charge is 0.393 e. The zero-order valence-corrected chi connectivity index (χ0v) is 10.6. The number of rotatable bonds is 2. The van der Waals surface area contributed by atoms with Gasteiger partial charge in [0.25, 0.3) is 0 Å². The Balaban J connectivity index is 1.57. The molecule has 4 unspecified atom stereocenters. The number of fused-ring (bicyclic) bond motifs is 1. The molecule has 1 aliphatic heterocycles. The second-order valence-electron chi connectivity index (χ2n) is 6.21. The van der Waals surface area contributed by atoms with Crippen molar-refractivity contribution in [2.24, 2.45) is 23.7 Å². The van der Waals surface area contributed by atoms with Gasteiger partial charge in [-0.2, -0.15) is 0 Å². The van der Waals surface area contributed by atoms with Crippen LogP contribution in [0.1, 0.15) is 39.0 Å². The summed E-state index contributed by atoms with van der Waals surface area (Å²) in [6.45, 7) is 3.49. The molecule has 1 saturated heterocycles. The molecule has 3 nitrogen and oxygen atoms in total. The van der Waals surface area contributed by atoms with E-state index in [9.17, 15) is 9.90 Å². The monoisotopic (exact) mass is 237 g/mol. The number of aliphatic hydroxyl groups is 1. The van der Waals surface area contributed by atoms with Crippen molar-refractivity contribution in [3.05, 3.63) is 0 Å². The van der Waals surface area contributed by atoms with E-state index in [1.54, 1.807) is 0 Å². The van der Waals surface area contributed by atoms with Crippen LogP contribution in [0.5, 0.6) is 0 Å². The van der Waals surface area contributed by atoms with Crippen molar-refractivity contribution in [2.75, 3.05) is 13.1 Å². The van der Waals surface area contributed by atoms with E-state index in [-0.39, 0.29) is 6.10 Å². The van der Waals surface area contributed by atoms with Gasteiger partial charge in [0.05, 0.1) is 6.10 Å². The molecule has 1 N–H and O–H groups in total. The maximum atomic E-state index is 12.4. The molecule has 0 radical (unpaired) electrons. The average Bonchev–Trinajstić information content (AvgIpc) is 2.83. The number of amides is 1. The lowest BCUT2D eigenvalue weighted by molar-refractivity contribution is -0.132. The summed E-state index contributed by atoms with van der Waals surface area (Å²) in [6, 6.07) is 0. The van der Waals surface area contributed by atoms with Crippen LogP contribution < -0.4 is 0 Å². The normalized spacial score (nSPS) is 42.1. The molecule has 4 atom stereocenters. The molecule has 0 aromatic heterocycles. The summed E-state index contributed by atoms with van der Waals surface area (Å²) in [5.74, 6) is 2.47. The second kappa shape index (κ2) is 4.27. The predicted molar refractivity (Wildman–Crippen MR) is 65.3 cm³/mol. The van der Waals surface area contributed by atoms with Crippen molar-refractivity contribution in [2.45, 2.75) is 45.1 Å². The molecule has 2 aliphatic carbocycles. The molecule has 3 fully saturated rings. The van der Waals surface area contributed by atoms with Gasteiger partial charge in [0.15, 0.2) is 0 Å². The summed E-state index contributed by atoms with van der Waals surface area (Å²) >= 11 is 0. The molecule has 0 aromatic rings. The lowest BCUT2D eigenvalue weighted by Gasteiger charge is -2.18. The topological polar surface area (TPSA) is 40.5 Å². The van der Waals surface area contributed by atoms with Gasteiger partial charge in [0, 0.05) is 24.9 Å². The minimum atomic E-state index is -0.269. The standard InChI is InChI=1S/C14H23NO2/c1-9(16)10-6-7-15(8-10)14(17)13-11-4-2-3-5-12(11)13/h9-13,16H,2-8H2,1H3. The maximum Gasteiger partial charge on any atom is 0.226 e. The summed E-state index contributed by atoms with van der Waals surface area (Å²) in [6.07, 6.45) is 5.89. The Labute approximate surface area is 103 Å². The van der Waals surface area contributed by atoms with Gasteiger partial charge in [-0.15, -0.1) is 0 Å². The summed E-state index contributed by atoms with van der Waals surface area (Å²) in [7, 11) is 0. The minimum Gasteiger partial charge on any atom is -0.393 e. The third-order valence-electron chi connectivity index (χ3n) is 5.16. The van der Waals surface area contributed by atoms with Crippen LogP contribution in [0, 0.1) is 23.7 Å². The van der Waals surface area contributed by atoms with Crippen LogP contribution >= 0.6 is 0 Å². The second-order valence-corrected chi connectivity index (χ2v) is 6.21. The van der Waals surface area contributed by atoms with E-state index in [4.69, 9.17) is 0 Å². The van der Waals surface area contributed by atoms with Crippen molar-refractivity contribution in [3.63, 3.8) is 0 Å². The zero-order chi connectivity index (χ0) is 12.0. The Hall–Kier alpha value is -0.570. The number of aliphatic hydroxyl groups excluding tert-OH is 1. The Bertz CT molecular complexity index is 303. The van der Waals surface area contributed by atoms with E-state index in [1.165, 1.54) is 25.7 Å². The van der Waals surface area contributed by atoms with Gasteiger partial charge < -0.3 is 10.0 Å². The van der Waals surface area contributed by atoms with Crippen molar-refractivity contribution >= 4 is 5.91 Å². The van der Waals surface area contributed by atoms with Crippen molar-refractivity contribution < 1.29 is 9.90 Å². The van der Waals surface area contributed by atoms with Gasteiger partial charge in [-0.1, -0.05) is 12.8 Å². The molecule has 2 saturated carbocycles. The van der Waals surface area contributed by atoms with E-state index < -0.39 is 0 Å². The van der Waals surface area contributed by atoms with Crippen LogP contribution in [0.2, 0.25) is 0 Å². The lowest BCUT2D eigenvalue weighted by Crippen LogP contribution is -2.32. The molecule has 0 spiro atoms. The first-order valence-corrected chi connectivity index (χ1v) is 7.15. The number of hydrogen-bond donors (Lipinski definition) is 1. The van der Waals surface area contributed by atoms with Gasteiger partial charge in [-0.3, -0.25) is 4.79 Å². The fourth-order valence-electron chi connectivity index (χ4n) is 3.95. The molecule has 0 aromatic carbocycles. The summed E-state index contributed by atoms with van der Waals surface area (Å²) in [4.78, 5) is 14.4. The van der Waals surface area contributed by atoms with Crippen LogP contribution in [-0.2, 0) is 4.79 Å². The van der Waals surface area contributed by atoms with Crippen LogP contribution in [-0.4, -0.2) is 35.1 Å². The first-order valence-electron chi connectivity index (χ1n) is 7.15. The summed E-state index contributed by atoms with van der Waals surface area (Å²) < 4.78 is 0. The highest BCUT2D eigenvalue weighted by molar-refractivity contribution is 5.82. The third-order valence-corrected chi connectivity index (χ3v) is 5.16. The number of carbonyl (C=O) groups is 1. The van der Waals surface area contributed by atoms with Crippen LogP contribution in [0.15, 0.2) is 0 Å². The smallest absolute Gasteiger partial charge is 0.226 e. The number of carbonyl (C=O) groups excluding carboxylic acids is 1. The SMILES string of the molecule is CC(O)C1CCN(C(=O)C2C3CCCCC32)C1. The van der Waals surface area contributed by atoms with Crippen LogP contribution in [0.4, 0.5) is 0 Å². The molecule has 96 valence electrons. The Morgan fingerprint density at radius 1 is 1.24 bits per heavy atom. The number of likely N-dealkylation sites (tertiary alicyclic amines) is 1. The molecular weight excluding hydrogens is 214 g/mol. The van der Waals surface area contributed by atoms with Gasteiger partial charge in [0.2, 0.25) is 5.91 Å². The van der Waals surface area contributed by atoms with Crippen LogP contribution in [0.25, 0.3) is 0 Å². The van der Waals surface area contributed by atoms with E-state index in [1.807, 2.05) is 11.8 Å². The van der Waals surface area contributed by atoms with E-state index in [0.29, 0.717) is 29.6 Å². The molecule has 3 aliphatic rings. The minimum absolute atomic E-state index is 0.269. The number of nitrogens with zero attached hydrogens (tertiary/aromatic N) is 1. The maximum absolute atomic E-state index is 12.4. The van der Waals surface area contributed by atoms with E-state index in [2.05, 4.69) is 0 Å². The third kappa shape index (κ3) is 1.99. The molecular formula is C14H23NO2. The Morgan fingerprint density at radius 2 is 1.88 bits per heavy atom. The quantitative estimate of drug-likeness (QED) is 0.793. The highest BCUT2D eigenvalue weighted by Crippen LogP contribution is 2.56. The summed E-state index contributed by atoms with van der Waals surface area (Å²) in [5.41, 5.74) is 0. The first kappa shape index (κ1) is 11.5. The van der Waals surface area contributed by atoms with Crippen molar-refractivity contribution in [1.29, 1.82) is 0 Å². The molecule has 3 rings (SSSR count). The molecule has 17 heavy (non-hydrogen) atoms. The molecule has 0 bridgehead atoms. The molecule has 1 heterocycles. The predicted octanol–water partition coefficient (Wildman–Crippen LogP) is 1.65. The lowest BCUT2D eigenvalue weighted by atomic mass is 10.0. The molecule has 1 amide bonds. The fraction of sp³-hybridized carbons (Fsp3) is 0.929. The first-order chi connectivity index (χ1) is 8.18. The Kier molecular flexibility index (Phi) is 2.89. The Morgan fingerprint density at radius 3 is 2.41 bits per heavy atom. The van der Waals surface area contributed by atoms with Gasteiger partial charge in [-0.25, -0.2) is 0 Å². The fourth-order valence-corrected chi connectivity index (χ4v) is 3.95. The highest BCUT2D eigenvalue weighted by atomic mass is 16.3. The highest BCUT2D eigenvalue weighted by Gasteiger charge is 2.56. The van der Waals surface area contributed by atoms with Gasteiger partial charge >= 0.3 is 0 Å².